The monoisotopic (exact) mass is 584 g/mol. The predicted octanol–water partition coefficient (Wildman–Crippen LogP) is 5.55. The van der Waals surface area contributed by atoms with Crippen LogP contribution in [0.1, 0.15) is 60.1 Å². The highest BCUT2D eigenvalue weighted by molar-refractivity contribution is 9.10. The zero-order chi connectivity index (χ0) is 26.3. The Bertz CT molecular complexity index is 1290. The van der Waals surface area contributed by atoms with Crippen LogP contribution in [0.3, 0.4) is 0 Å². The summed E-state index contributed by atoms with van der Waals surface area (Å²) in [5.41, 5.74) is 2.02. The van der Waals surface area contributed by atoms with Crippen LogP contribution in [-0.4, -0.2) is 37.9 Å². The van der Waals surface area contributed by atoms with E-state index in [1.165, 1.54) is 56.0 Å². The summed E-state index contributed by atoms with van der Waals surface area (Å²) in [5, 5.41) is 0. The first-order chi connectivity index (χ1) is 17.8. The number of aromatic nitrogens is 2. The van der Waals surface area contributed by atoms with Crippen molar-refractivity contribution in [3.05, 3.63) is 82.1 Å². The van der Waals surface area contributed by atoms with E-state index in [-0.39, 0.29) is 10.5 Å². The van der Waals surface area contributed by atoms with Crippen LogP contribution in [0, 0.1) is 5.92 Å². The first-order valence-corrected chi connectivity index (χ1v) is 15.0. The second kappa shape index (κ2) is 12.6. The Morgan fingerprint density at radius 2 is 1.73 bits per heavy atom. The second-order valence-corrected chi connectivity index (χ2v) is 12.2. The van der Waals surface area contributed by atoms with E-state index in [2.05, 4.69) is 37.8 Å². The largest absolute Gasteiger partial charge is 0.344 e. The molecule has 1 fully saturated rings. The van der Waals surface area contributed by atoms with E-state index in [4.69, 9.17) is 4.98 Å². The number of hydrogen-bond donors (Lipinski definition) is 1. The van der Waals surface area contributed by atoms with Gasteiger partial charge in [-0.15, -0.1) is 0 Å². The Hall–Kier alpha value is -2.78. The molecule has 37 heavy (non-hydrogen) atoms. The zero-order valence-electron chi connectivity index (χ0n) is 21.1. The Morgan fingerprint density at radius 3 is 2.43 bits per heavy atom. The van der Waals surface area contributed by atoms with Crippen LogP contribution in [0.2, 0.25) is 0 Å². The second-order valence-electron chi connectivity index (χ2n) is 9.62. The van der Waals surface area contributed by atoms with Gasteiger partial charge in [-0.1, -0.05) is 78.4 Å². The average Bonchev–Trinajstić information content (AvgIpc) is 2.91. The number of anilines is 1. The number of rotatable bonds is 10. The summed E-state index contributed by atoms with van der Waals surface area (Å²) in [5.74, 6) is 0.423. The van der Waals surface area contributed by atoms with E-state index < -0.39 is 15.9 Å². The van der Waals surface area contributed by atoms with E-state index in [0.717, 1.165) is 23.9 Å². The molecule has 196 valence electrons. The third kappa shape index (κ3) is 7.61. The molecular weight excluding hydrogens is 552 g/mol. The third-order valence-corrected chi connectivity index (χ3v) is 8.76. The fourth-order valence-corrected chi connectivity index (χ4v) is 5.91. The number of amides is 1. The number of likely N-dealkylation sites (N-methyl/N-ethyl adjacent to an activating group) is 1. The maximum absolute atomic E-state index is 13.2. The minimum absolute atomic E-state index is 0.0194. The molecule has 0 bridgehead atoms. The van der Waals surface area contributed by atoms with E-state index in [9.17, 15) is 13.2 Å². The third-order valence-electron chi connectivity index (χ3n) is 6.88. The minimum atomic E-state index is -4.03. The van der Waals surface area contributed by atoms with E-state index in [0.29, 0.717) is 24.0 Å². The summed E-state index contributed by atoms with van der Waals surface area (Å²) >= 11 is 3.30. The van der Waals surface area contributed by atoms with Crippen LogP contribution in [0.5, 0.6) is 0 Å². The lowest BCUT2D eigenvalue weighted by Crippen LogP contribution is -2.32. The molecule has 0 atom stereocenters. The van der Waals surface area contributed by atoms with Gasteiger partial charge in [0.1, 0.15) is 0 Å². The molecule has 0 unspecified atom stereocenters. The first-order valence-electron chi connectivity index (χ1n) is 12.8. The Balaban J connectivity index is 1.53. The predicted molar refractivity (Wildman–Crippen MR) is 149 cm³/mol. The van der Waals surface area contributed by atoms with E-state index in [1.807, 2.05) is 30.1 Å². The summed E-state index contributed by atoms with van der Waals surface area (Å²) in [6, 6.07) is 16.4. The molecule has 0 saturated heterocycles. The van der Waals surface area contributed by atoms with Crippen LogP contribution in [0.25, 0.3) is 0 Å². The normalized spacial score (nSPS) is 14.3. The molecular formula is C28H33BrN4O3S. The van der Waals surface area contributed by atoms with Crippen molar-refractivity contribution >= 4 is 37.8 Å². The van der Waals surface area contributed by atoms with Gasteiger partial charge >= 0.3 is 0 Å². The summed E-state index contributed by atoms with van der Waals surface area (Å²) in [7, 11) is -2.10. The number of nitrogens with zero attached hydrogens (tertiary/aromatic N) is 3. The van der Waals surface area contributed by atoms with Crippen molar-refractivity contribution in [2.24, 2.45) is 5.92 Å². The summed E-state index contributed by atoms with van der Waals surface area (Å²) in [6.45, 7) is 0.718. The average molecular weight is 586 g/mol. The summed E-state index contributed by atoms with van der Waals surface area (Å²) in [6.07, 6.45) is 9.96. The fourth-order valence-electron chi connectivity index (χ4n) is 4.68. The number of halogens is 1. The number of benzene rings is 2. The van der Waals surface area contributed by atoms with Gasteiger partial charge in [0, 0.05) is 24.3 Å². The lowest BCUT2D eigenvalue weighted by Gasteiger charge is -2.22. The van der Waals surface area contributed by atoms with Crippen molar-refractivity contribution in [3.63, 3.8) is 0 Å². The summed E-state index contributed by atoms with van der Waals surface area (Å²) < 4.78 is 28.6. The quantitative estimate of drug-likeness (QED) is 0.336. The van der Waals surface area contributed by atoms with Gasteiger partial charge in [-0.3, -0.25) is 4.79 Å². The van der Waals surface area contributed by atoms with Gasteiger partial charge < -0.3 is 4.90 Å². The molecule has 7 nitrogen and oxygen atoms in total. The maximum atomic E-state index is 13.2. The highest BCUT2D eigenvalue weighted by Gasteiger charge is 2.23. The number of aryl methyl sites for hydroxylation is 1. The molecule has 1 N–H and O–H groups in total. The van der Waals surface area contributed by atoms with Gasteiger partial charge in [-0.25, -0.2) is 23.1 Å². The van der Waals surface area contributed by atoms with Crippen LogP contribution in [-0.2, 0) is 22.9 Å². The smallest absolute Gasteiger partial charge is 0.268 e. The van der Waals surface area contributed by atoms with Crippen molar-refractivity contribution in [2.45, 2.75) is 56.3 Å². The molecule has 9 heteroatoms. The van der Waals surface area contributed by atoms with Gasteiger partial charge in [-0.2, -0.15) is 0 Å². The zero-order valence-corrected chi connectivity index (χ0v) is 23.5. The fraction of sp³-hybridized carbons (Fsp3) is 0.393. The van der Waals surface area contributed by atoms with Gasteiger partial charge in [0.15, 0.2) is 0 Å². The molecule has 1 aromatic heterocycles. The van der Waals surface area contributed by atoms with E-state index in [1.54, 1.807) is 12.1 Å². The Morgan fingerprint density at radius 1 is 1.03 bits per heavy atom. The SMILES string of the molecule is CN(CCc1ccccc1)c1ncc(C(=O)NS(=O)(=O)c2ccc(Br)cc2)c(CCC2CCCCC2)n1. The molecule has 0 aliphatic heterocycles. The molecule has 1 amide bonds. The van der Waals surface area contributed by atoms with Gasteiger partial charge in [-0.05, 0) is 55.0 Å². The standard InChI is InChI=1S/C28H33BrN4O3S/c1-33(19-18-22-10-6-3-7-11-22)28-30-20-25(26(31-28)17-12-21-8-4-2-5-9-21)27(34)32-37(35,36)24-15-13-23(29)14-16-24/h3,6-7,10-11,13-16,20-21H,2,4-5,8-9,12,17-19H2,1H3,(H,32,34). The minimum Gasteiger partial charge on any atom is -0.344 e. The van der Waals surface area contributed by atoms with E-state index >= 15 is 0 Å². The van der Waals surface area contributed by atoms with Crippen molar-refractivity contribution < 1.29 is 13.2 Å². The maximum Gasteiger partial charge on any atom is 0.268 e. The Labute approximate surface area is 227 Å². The van der Waals surface area contributed by atoms with Crippen molar-refractivity contribution in [3.8, 4) is 0 Å². The molecule has 1 aliphatic carbocycles. The molecule has 1 heterocycles. The molecule has 4 rings (SSSR count). The highest BCUT2D eigenvalue weighted by Crippen LogP contribution is 2.28. The number of hydrogen-bond acceptors (Lipinski definition) is 6. The Kier molecular flexibility index (Phi) is 9.32. The van der Waals surface area contributed by atoms with Crippen LogP contribution in [0.15, 0.2) is 70.2 Å². The number of carbonyl (C=O) groups excluding carboxylic acids is 1. The lowest BCUT2D eigenvalue weighted by atomic mass is 9.85. The van der Waals surface area contributed by atoms with Crippen molar-refractivity contribution in [1.82, 2.24) is 14.7 Å². The van der Waals surface area contributed by atoms with Crippen molar-refractivity contribution in [1.29, 1.82) is 0 Å². The summed E-state index contributed by atoms with van der Waals surface area (Å²) in [4.78, 5) is 24.4. The van der Waals surface area contributed by atoms with Gasteiger partial charge in [0.05, 0.1) is 16.2 Å². The van der Waals surface area contributed by atoms with Crippen LogP contribution in [0.4, 0.5) is 5.95 Å². The molecule has 2 aromatic carbocycles. The van der Waals surface area contributed by atoms with Crippen LogP contribution < -0.4 is 9.62 Å². The molecule has 0 spiro atoms. The van der Waals surface area contributed by atoms with Gasteiger partial charge in [0.2, 0.25) is 5.95 Å². The first kappa shape index (κ1) is 27.3. The van der Waals surface area contributed by atoms with Crippen molar-refractivity contribution in [2.75, 3.05) is 18.5 Å². The number of sulfonamides is 1. The number of nitrogens with one attached hydrogen (secondary N) is 1. The van der Waals surface area contributed by atoms with Crippen LogP contribution >= 0.6 is 15.9 Å². The molecule has 1 saturated carbocycles. The molecule has 1 aliphatic rings. The number of carbonyl (C=O) groups is 1. The molecule has 3 aromatic rings. The topological polar surface area (TPSA) is 92.3 Å². The molecule has 0 radical (unpaired) electrons. The highest BCUT2D eigenvalue weighted by atomic mass is 79.9. The van der Waals surface area contributed by atoms with Gasteiger partial charge in [0.25, 0.3) is 15.9 Å². The lowest BCUT2D eigenvalue weighted by molar-refractivity contribution is 0.0979.